The molecule has 1 amide bonds. The van der Waals surface area contributed by atoms with E-state index < -0.39 is 49.5 Å². The van der Waals surface area contributed by atoms with Gasteiger partial charge in [-0.3, -0.25) is 9.59 Å². The first-order chi connectivity index (χ1) is 35.2. The van der Waals surface area contributed by atoms with Gasteiger partial charge >= 0.3 is 5.97 Å². The molecule has 0 radical (unpaired) electrons. The number of esters is 1. The third kappa shape index (κ3) is 40.2. The summed E-state index contributed by atoms with van der Waals surface area (Å²) in [5.74, 6) is -0.219. The van der Waals surface area contributed by atoms with E-state index in [0.717, 1.165) is 89.9 Å². The second-order valence-electron chi connectivity index (χ2n) is 21.1. The van der Waals surface area contributed by atoms with Crippen LogP contribution in [0.3, 0.4) is 0 Å². The Hall–Kier alpha value is -2.12. The van der Waals surface area contributed by atoms with Gasteiger partial charge in [0, 0.05) is 12.8 Å². The smallest absolute Gasteiger partial charge is 0.305 e. The molecule has 422 valence electrons. The molecule has 72 heavy (non-hydrogen) atoms. The van der Waals surface area contributed by atoms with E-state index in [9.17, 15) is 35.1 Å². The van der Waals surface area contributed by atoms with Crippen molar-refractivity contribution in [2.75, 3.05) is 19.8 Å². The van der Waals surface area contributed by atoms with Gasteiger partial charge in [-0.05, 0) is 64.2 Å². The van der Waals surface area contributed by atoms with Crippen LogP contribution < -0.4 is 5.32 Å². The summed E-state index contributed by atoms with van der Waals surface area (Å²) in [5.41, 5.74) is 0. The van der Waals surface area contributed by atoms with Crippen LogP contribution in [0.25, 0.3) is 0 Å². The fourth-order valence-electron chi connectivity index (χ4n) is 9.43. The highest BCUT2D eigenvalue weighted by Crippen LogP contribution is 2.23. The van der Waals surface area contributed by atoms with Gasteiger partial charge in [0.25, 0.3) is 0 Å². The van der Waals surface area contributed by atoms with Crippen molar-refractivity contribution in [3.63, 3.8) is 0 Å². The van der Waals surface area contributed by atoms with Crippen LogP contribution in [0.4, 0.5) is 0 Å². The molecule has 1 heterocycles. The van der Waals surface area contributed by atoms with Crippen molar-refractivity contribution in [1.82, 2.24) is 5.32 Å². The molecule has 7 atom stereocenters. The minimum atomic E-state index is -1.57. The van der Waals surface area contributed by atoms with Crippen molar-refractivity contribution in [1.29, 1.82) is 0 Å². The van der Waals surface area contributed by atoms with Gasteiger partial charge in [-0.25, -0.2) is 0 Å². The molecule has 1 fully saturated rings. The molecule has 1 aliphatic heterocycles. The van der Waals surface area contributed by atoms with Crippen LogP contribution in [0, 0.1) is 0 Å². The molecular formula is C61H113NO10. The second-order valence-corrected chi connectivity index (χ2v) is 21.1. The number of hydrogen-bond donors (Lipinski definition) is 6. The van der Waals surface area contributed by atoms with Gasteiger partial charge in [-0.15, -0.1) is 0 Å². The first-order valence-corrected chi connectivity index (χ1v) is 30.3. The van der Waals surface area contributed by atoms with Crippen molar-refractivity contribution in [3.8, 4) is 0 Å². The van der Waals surface area contributed by atoms with Crippen LogP contribution >= 0.6 is 0 Å². The van der Waals surface area contributed by atoms with Crippen LogP contribution in [0.5, 0.6) is 0 Å². The Labute approximate surface area is 441 Å². The molecule has 11 nitrogen and oxygen atoms in total. The maximum absolute atomic E-state index is 13.0. The van der Waals surface area contributed by atoms with E-state index in [2.05, 4.69) is 43.5 Å². The summed E-state index contributed by atoms with van der Waals surface area (Å²) in [6, 6.07) is -0.816. The average Bonchev–Trinajstić information content (AvgIpc) is 3.38. The molecule has 0 aromatic rings. The highest BCUT2D eigenvalue weighted by molar-refractivity contribution is 5.76. The highest BCUT2D eigenvalue weighted by Gasteiger charge is 2.44. The molecule has 0 aliphatic carbocycles. The molecule has 1 rings (SSSR count). The maximum Gasteiger partial charge on any atom is 0.305 e. The number of ether oxygens (including phenoxy) is 3. The lowest BCUT2D eigenvalue weighted by molar-refractivity contribution is -0.302. The summed E-state index contributed by atoms with van der Waals surface area (Å²) in [7, 11) is 0. The molecule has 1 saturated heterocycles. The lowest BCUT2D eigenvalue weighted by Crippen LogP contribution is -2.60. The third-order valence-electron chi connectivity index (χ3n) is 14.3. The van der Waals surface area contributed by atoms with Gasteiger partial charge in [0.2, 0.25) is 5.91 Å². The topological polar surface area (TPSA) is 175 Å². The van der Waals surface area contributed by atoms with E-state index in [0.29, 0.717) is 19.4 Å². The zero-order chi connectivity index (χ0) is 52.4. The molecule has 1 aliphatic rings. The van der Waals surface area contributed by atoms with Crippen LogP contribution in [0.2, 0.25) is 0 Å². The maximum atomic E-state index is 13.0. The van der Waals surface area contributed by atoms with E-state index in [4.69, 9.17) is 14.2 Å². The number of aliphatic hydroxyl groups is 5. The van der Waals surface area contributed by atoms with E-state index in [1.54, 1.807) is 6.08 Å². The Morgan fingerprint density at radius 3 is 1.38 bits per heavy atom. The quantitative estimate of drug-likeness (QED) is 0.0149. The van der Waals surface area contributed by atoms with E-state index in [1.165, 1.54) is 161 Å². The van der Waals surface area contributed by atoms with Gasteiger partial charge in [-0.2, -0.15) is 0 Å². The van der Waals surface area contributed by atoms with Crippen LogP contribution in [-0.4, -0.2) is 100 Å². The number of carbonyl (C=O) groups is 2. The minimum Gasteiger partial charge on any atom is -0.466 e. The number of amides is 1. The van der Waals surface area contributed by atoms with Crippen LogP contribution in [-0.2, 0) is 23.8 Å². The number of allylic oxidation sites excluding steroid dienone is 5. The van der Waals surface area contributed by atoms with Crippen molar-refractivity contribution >= 4 is 11.9 Å². The number of unbranched alkanes of at least 4 members (excludes halogenated alkanes) is 35. The summed E-state index contributed by atoms with van der Waals surface area (Å²) >= 11 is 0. The summed E-state index contributed by atoms with van der Waals surface area (Å²) < 4.78 is 16.7. The predicted molar refractivity (Wildman–Crippen MR) is 297 cm³/mol. The monoisotopic (exact) mass is 1020 g/mol. The number of nitrogens with one attached hydrogen (secondary N) is 1. The van der Waals surface area contributed by atoms with Crippen molar-refractivity contribution in [3.05, 3.63) is 36.5 Å². The molecule has 6 N–H and O–H groups in total. The molecule has 0 aromatic carbocycles. The lowest BCUT2D eigenvalue weighted by atomic mass is 9.99. The summed E-state index contributed by atoms with van der Waals surface area (Å²) in [6.45, 7) is 4.27. The van der Waals surface area contributed by atoms with Crippen LogP contribution in [0.15, 0.2) is 36.5 Å². The van der Waals surface area contributed by atoms with Gasteiger partial charge in [0.1, 0.15) is 24.4 Å². The van der Waals surface area contributed by atoms with Crippen LogP contribution in [0.1, 0.15) is 277 Å². The van der Waals surface area contributed by atoms with Gasteiger partial charge < -0.3 is 45.1 Å². The first-order valence-electron chi connectivity index (χ1n) is 30.3. The fraction of sp³-hybridized carbons (Fsp3) is 0.869. The van der Waals surface area contributed by atoms with Gasteiger partial charge in [0.05, 0.1) is 32.0 Å². The largest absolute Gasteiger partial charge is 0.466 e. The Morgan fingerprint density at radius 1 is 0.514 bits per heavy atom. The van der Waals surface area contributed by atoms with Crippen molar-refractivity contribution in [2.45, 2.75) is 320 Å². The summed E-state index contributed by atoms with van der Waals surface area (Å²) in [5, 5.41) is 54.2. The number of hydrogen-bond acceptors (Lipinski definition) is 10. The molecule has 7 unspecified atom stereocenters. The van der Waals surface area contributed by atoms with Crippen molar-refractivity contribution in [2.24, 2.45) is 0 Å². The Bertz CT molecular complexity index is 1290. The molecule has 0 saturated carbocycles. The zero-order valence-electron chi connectivity index (χ0n) is 46.4. The standard InChI is InChI=1S/C61H113NO10/c1-3-5-7-9-11-13-14-15-16-23-26-29-33-37-41-45-49-57(66)70-50-46-42-38-34-30-27-24-21-19-17-18-20-22-25-28-32-36-40-44-48-56(65)62-53(54(64)47-43-39-35-31-12-10-8-6-4-2)52-71-61-60(69)59(68)58(67)55(51-63)72-61/h21,24,27,30,43,47,53-55,58-61,63-64,67-69H,3-20,22-23,25-26,28-29,31-42,44-46,48-52H2,1-2H3,(H,62,65)/b24-21-,30-27-,47-43+. The molecule has 0 bridgehead atoms. The lowest BCUT2D eigenvalue weighted by Gasteiger charge is -2.40. The number of aliphatic hydroxyl groups excluding tert-OH is 5. The summed E-state index contributed by atoms with van der Waals surface area (Å²) in [6.07, 6.45) is 52.5. The van der Waals surface area contributed by atoms with E-state index >= 15 is 0 Å². The first kappa shape index (κ1) is 67.9. The van der Waals surface area contributed by atoms with Gasteiger partial charge in [0.15, 0.2) is 6.29 Å². The second kappa shape index (κ2) is 51.0. The predicted octanol–water partition coefficient (Wildman–Crippen LogP) is 13.9. The number of carbonyl (C=O) groups excluding carboxylic acids is 2. The minimum absolute atomic E-state index is 0.0250. The molecular weight excluding hydrogens is 907 g/mol. The Kier molecular flexibility index (Phi) is 48.1. The molecule has 0 aromatic heterocycles. The Morgan fingerprint density at radius 2 is 0.917 bits per heavy atom. The SMILES string of the molecule is CCCCCCCCC/C=C/C(O)C(COC1OC(CO)C(O)C(O)C1O)NC(=O)CCCCCCCCCCCC/C=C\C=C/CCCCCOC(=O)CCCCCCCCCCCCCCCCCC. The number of rotatable bonds is 52. The molecule has 11 heteroatoms. The van der Waals surface area contributed by atoms with Crippen molar-refractivity contribution < 1.29 is 49.3 Å². The normalized spacial score (nSPS) is 19.2. The summed E-state index contributed by atoms with van der Waals surface area (Å²) in [4.78, 5) is 25.1. The van der Waals surface area contributed by atoms with Gasteiger partial charge in [-0.1, -0.05) is 237 Å². The average molecular weight is 1020 g/mol. The van der Waals surface area contributed by atoms with E-state index in [-0.39, 0.29) is 18.5 Å². The Balaban J connectivity index is 2.04. The third-order valence-corrected chi connectivity index (χ3v) is 14.3. The highest BCUT2D eigenvalue weighted by atomic mass is 16.7. The fourth-order valence-corrected chi connectivity index (χ4v) is 9.43. The van der Waals surface area contributed by atoms with E-state index in [1.807, 2.05) is 6.08 Å². The zero-order valence-corrected chi connectivity index (χ0v) is 46.4. The molecule has 0 spiro atoms.